The van der Waals surface area contributed by atoms with Gasteiger partial charge < -0.3 is 10.5 Å². The Morgan fingerprint density at radius 2 is 1.75 bits per heavy atom. The van der Waals surface area contributed by atoms with Crippen LogP contribution in [-0.2, 0) is 0 Å². The van der Waals surface area contributed by atoms with Gasteiger partial charge in [0.15, 0.2) is 5.75 Å². The second-order valence-electron chi connectivity index (χ2n) is 3.24. The van der Waals surface area contributed by atoms with Crippen molar-refractivity contribution in [3.63, 3.8) is 0 Å². The molecule has 0 bridgehead atoms. The van der Waals surface area contributed by atoms with E-state index in [1.807, 2.05) is 24.3 Å². The van der Waals surface area contributed by atoms with Crippen molar-refractivity contribution in [2.75, 3.05) is 5.73 Å². The molecule has 2 N–H and O–H groups in total. The van der Waals surface area contributed by atoms with E-state index < -0.39 is 0 Å². The molecule has 0 saturated heterocycles. The van der Waals surface area contributed by atoms with Gasteiger partial charge in [-0.05, 0) is 36.4 Å². The molecule has 16 heavy (non-hydrogen) atoms. The number of nitrogens with two attached hydrogens (primary N) is 1. The number of hydrogen-bond donors (Lipinski definition) is 1. The van der Waals surface area contributed by atoms with Crippen LogP contribution >= 0.6 is 27.5 Å². The number of anilines is 1. The summed E-state index contributed by atoms with van der Waals surface area (Å²) in [6, 6.07) is 12.6. The Hall–Kier alpha value is -1.19. The first-order chi connectivity index (χ1) is 7.65. The van der Waals surface area contributed by atoms with Gasteiger partial charge in [0.05, 0.1) is 5.69 Å². The molecule has 0 unspecified atom stereocenters. The summed E-state index contributed by atoms with van der Waals surface area (Å²) in [5.41, 5.74) is 6.34. The Bertz CT molecular complexity index is 499. The van der Waals surface area contributed by atoms with Crippen LogP contribution in [0, 0.1) is 0 Å². The molecule has 82 valence electrons. The van der Waals surface area contributed by atoms with Gasteiger partial charge in [0.25, 0.3) is 0 Å². The molecule has 0 spiro atoms. The maximum Gasteiger partial charge on any atom is 0.151 e. The summed E-state index contributed by atoms with van der Waals surface area (Å²) in [5, 5.41) is 0.598. The topological polar surface area (TPSA) is 35.2 Å². The van der Waals surface area contributed by atoms with E-state index in [2.05, 4.69) is 15.9 Å². The summed E-state index contributed by atoms with van der Waals surface area (Å²) >= 11 is 9.22. The zero-order chi connectivity index (χ0) is 11.5. The van der Waals surface area contributed by atoms with Crippen molar-refractivity contribution in [2.24, 2.45) is 0 Å². The molecular formula is C12H9BrClNO. The lowest BCUT2D eigenvalue weighted by Gasteiger charge is -2.08. The molecule has 0 heterocycles. The lowest BCUT2D eigenvalue weighted by atomic mass is 10.3. The van der Waals surface area contributed by atoms with E-state index in [4.69, 9.17) is 22.1 Å². The van der Waals surface area contributed by atoms with E-state index in [1.54, 1.807) is 18.2 Å². The van der Waals surface area contributed by atoms with Crippen LogP contribution in [0.25, 0.3) is 0 Å². The first-order valence-electron chi connectivity index (χ1n) is 4.63. The van der Waals surface area contributed by atoms with Crippen molar-refractivity contribution in [1.82, 2.24) is 0 Å². The van der Waals surface area contributed by atoms with E-state index in [-0.39, 0.29) is 0 Å². The van der Waals surface area contributed by atoms with Crippen LogP contribution in [0.3, 0.4) is 0 Å². The fourth-order valence-corrected chi connectivity index (χ4v) is 1.65. The van der Waals surface area contributed by atoms with E-state index in [1.165, 1.54) is 0 Å². The molecule has 2 aromatic rings. The molecule has 0 aromatic heterocycles. The second-order valence-corrected chi connectivity index (χ2v) is 4.59. The number of nitrogen functional groups attached to an aromatic ring is 1. The zero-order valence-corrected chi connectivity index (χ0v) is 10.6. The third kappa shape index (κ3) is 2.68. The van der Waals surface area contributed by atoms with Crippen molar-refractivity contribution >= 4 is 33.2 Å². The molecule has 2 nitrogen and oxygen atoms in total. The van der Waals surface area contributed by atoms with Gasteiger partial charge in [0.1, 0.15) is 5.75 Å². The monoisotopic (exact) mass is 297 g/mol. The smallest absolute Gasteiger partial charge is 0.151 e. The number of halogens is 2. The van der Waals surface area contributed by atoms with Gasteiger partial charge in [-0.1, -0.05) is 27.5 Å². The van der Waals surface area contributed by atoms with Crippen LogP contribution in [0.1, 0.15) is 0 Å². The standard InChI is InChI=1S/C12H9BrClNO/c13-8-1-4-10(5-2-8)16-12-7-9(14)3-6-11(12)15/h1-7H,15H2. The highest BCUT2D eigenvalue weighted by Gasteiger charge is 2.02. The summed E-state index contributed by atoms with van der Waals surface area (Å²) < 4.78 is 6.61. The fourth-order valence-electron chi connectivity index (χ4n) is 1.23. The highest BCUT2D eigenvalue weighted by atomic mass is 79.9. The van der Waals surface area contributed by atoms with E-state index in [9.17, 15) is 0 Å². The molecule has 0 aliphatic rings. The predicted octanol–water partition coefficient (Wildman–Crippen LogP) is 4.48. The number of ether oxygens (including phenoxy) is 1. The van der Waals surface area contributed by atoms with Crippen molar-refractivity contribution < 1.29 is 4.74 Å². The number of benzene rings is 2. The van der Waals surface area contributed by atoms with E-state index in [0.717, 1.165) is 10.2 Å². The van der Waals surface area contributed by atoms with Crippen LogP contribution in [0.15, 0.2) is 46.9 Å². The molecule has 0 radical (unpaired) electrons. The highest BCUT2D eigenvalue weighted by molar-refractivity contribution is 9.10. The summed E-state index contributed by atoms with van der Waals surface area (Å²) in [6.07, 6.45) is 0. The molecule has 2 rings (SSSR count). The van der Waals surface area contributed by atoms with Gasteiger partial charge in [-0.25, -0.2) is 0 Å². The maximum absolute atomic E-state index is 5.87. The first-order valence-corrected chi connectivity index (χ1v) is 5.81. The summed E-state index contributed by atoms with van der Waals surface area (Å²) in [5.74, 6) is 1.28. The molecule has 2 aromatic carbocycles. The molecule has 4 heteroatoms. The molecule has 0 aliphatic carbocycles. The lowest BCUT2D eigenvalue weighted by Crippen LogP contribution is -1.91. The Kier molecular flexibility index (Phi) is 3.36. The van der Waals surface area contributed by atoms with Gasteiger partial charge >= 0.3 is 0 Å². The summed E-state index contributed by atoms with van der Waals surface area (Å²) in [7, 11) is 0. The molecule has 0 amide bonds. The lowest BCUT2D eigenvalue weighted by molar-refractivity contribution is 0.485. The fraction of sp³-hybridized carbons (Fsp3) is 0. The molecule has 0 aliphatic heterocycles. The Morgan fingerprint density at radius 3 is 2.44 bits per heavy atom. The van der Waals surface area contributed by atoms with Crippen molar-refractivity contribution in [3.05, 3.63) is 52.0 Å². The summed E-state index contributed by atoms with van der Waals surface area (Å²) in [6.45, 7) is 0. The number of hydrogen-bond acceptors (Lipinski definition) is 2. The molecule has 0 atom stereocenters. The zero-order valence-electron chi connectivity index (χ0n) is 8.28. The third-order valence-corrected chi connectivity index (χ3v) is 2.78. The Balaban J connectivity index is 2.26. The minimum Gasteiger partial charge on any atom is -0.455 e. The average Bonchev–Trinajstić information content (AvgIpc) is 2.27. The van der Waals surface area contributed by atoms with Gasteiger partial charge in [0, 0.05) is 15.6 Å². The van der Waals surface area contributed by atoms with Gasteiger partial charge in [0.2, 0.25) is 0 Å². The first kappa shape index (κ1) is 11.3. The molecular weight excluding hydrogens is 289 g/mol. The largest absolute Gasteiger partial charge is 0.455 e. The SMILES string of the molecule is Nc1ccc(Cl)cc1Oc1ccc(Br)cc1. The van der Waals surface area contributed by atoms with Crippen LogP contribution in [0.2, 0.25) is 5.02 Å². The van der Waals surface area contributed by atoms with Crippen LogP contribution < -0.4 is 10.5 Å². The quantitative estimate of drug-likeness (QED) is 0.830. The van der Waals surface area contributed by atoms with E-state index >= 15 is 0 Å². The van der Waals surface area contributed by atoms with Gasteiger partial charge in [-0.2, -0.15) is 0 Å². The Morgan fingerprint density at radius 1 is 1.06 bits per heavy atom. The van der Waals surface area contributed by atoms with E-state index in [0.29, 0.717) is 16.5 Å². The van der Waals surface area contributed by atoms with Crippen LogP contribution in [0.5, 0.6) is 11.5 Å². The Labute approximate surface area is 107 Å². The van der Waals surface area contributed by atoms with Crippen LogP contribution in [0.4, 0.5) is 5.69 Å². The minimum atomic E-state index is 0.562. The predicted molar refractivity (Wildman–Crippen MR) is 70.1 cm³/mol. The van der Waals surface area contributed by atoms with Crippen molar-refractivity contribution in [2.45, 2.75) is 0 Å². The highest BCUT2D eigenvalue weighted by Crippen LogP contribution is 2.30. The minimum absolute atomic E-state index is 0.562. The average molecular weight is 299 g/mol. The maximum atomic E-state index is 5.87. The molecule has 0 saturated carbocycles. The van der Waals surface area contributed by atoms with Gasteiger partial charge in [-0.3, -0.25) is 0 Å². The van der Waals surface area contributed by atoms with Crippen molar-refractivity contribution in [3.8, 4) is 11.5 Å². The van der Waals surface area contributed by atoms with Crippen molar-refractivity contribution in [1.29, 1.82) is 0 Å². The van der Waals surface area contributed by atoms with Crippen LogP contribution in [-0.4, -0.2) is 0 Å². The normalized spacial score (nSPS) is 10.1. The number of rotatable bonds is 2. The summed E-state index contributed by atoms with van der Waals surface area (Å²) in [4.78, 5) is 0. The third-order valence-electron chi connectivity index (χ3n) is 2.02. The second kappa shape index (κ2) is 4.76. The van der Waals surface area contributed by atoms with Gasteiger partial charge in [-0.15, -0.1) is 0 Å². The molecule has 0 fully saturated rings.